The molecule has 0 N–H and O–H groups in total. The number of anilines is 1. The van der Waals surface area contributed by atoms with Crippen LogP contribution >= 0.6 is 0 Å². The van der Waals surface area contributed by atoms with E-state index in [1.54, 1.807) is 0 Å². The van der Waals surface area contributed by atoms with Crippen LogP contribution in [0.15, 0.2) is 18.2 Å². The van der Waals surface area contributed by atoms with E-state index in [9.17, 15) is 0 Å². The lowest BCUT2D eigenvalue weighted by Crippen LogP contribution is -2.18. The normalized spacial score (nSPS) is 10.5. The van der Waals surface area contributed by atoms with Gasteiger partial charge in [-0.15, -0.1) is 0 Å². The monoisotopic (exact) mass is 219 g/mol. The standard InChI is InChI=1S/C15H25N/c1-5-8-9-16(4)15-11-13(6-2)10-14(7-3)12-15/h10-12H,5-9H2,1-4H3. The quantitative estimate of drug-likeness (QED) is 0.697. The van der Waals surface area contributed by atoms with Crippen LogP contribution in [0.3, 0.4) is 0 Å². The topological polar surface area (TPSA) is 3.24 Å². The zero-order valence-electron chi connectivity index (χ0n) is 11.2. The fourth-order valence-corrected chi connectivity index (χ4v) is 1.90. The predicted octanol–water partition coefficient (Wildman–Crippen LogP) is 4.05. The van der Waals surface area contributed by atoms with Crippen LogP contribution < -0.4 is 4.90 Å². The molecule has 0 amide bonds. The second-order valence-corrected chi connectivity index (χ2v) is 4.49. The van der Waals surface area contributed by atoms with E-state index < -0.39 is 0 Å². The highest BCUT2D eigenvalue weighted by atomic mass is 15.1. The molecule has 0 spiro atoms. The smallest absolute Gasteiger partial charge is 0.0369 e. The van der Waals surface area contributed by atoms with E-state index in [1.165, 1.54) is 29.7 Å². The molecule has 0 radical (unpaired) electrons. The lowest BCUT2D eigenvalue weighted by Gasteiger charge is -2.20. The summed E-state index contributed by atoms with van der Waals surface area (Å²) >= 11 is 0. The van der Waals surface area contributed by atoms with Crippen molar-refractivity contribution in [1.82, 2.24) is 0 Å². The summed E-state index contributed by atoms with van der Waals surface area (Å²) in [5.41, 5.74) is 4.29. The first-order valence-electron chi connectivity index (χ1n) is 6.55. The molecule has 0 saturated carbocycles. The van der Waals surface area contributed by atoms with E-state index in [0.29, 0.717) is 0 Å². The van der Waals surface area contributed by atoms with Gasteiger partial charge in [0.15, 0.2) is 0 Å². The van der Waals surface area contributed by atoms with Gasteiger partial charge in [0.1, 0.15) is 0 Å². The van der Waals surface area contributed by atoms with Crippen LogP contribution in [0.25, 0.3) is 0 Å². The molecule has 0 aliphatic heterocycles. The van der Waals surface area contributed by atoms with E-state index in [1.807, 2.05) is 0 Å². The molecule has 1 aromatic carbocycles. The summed E-state index contributed by atoms with van der Waals surface area (Å²) in [4.78, 5) is 2.38. The molecule has 0 aromatic heterocycles. The molecule has 1 aromatic rings. The minimum Gasteiger partial charge on any atom is -0.375 e. The molecule has 0 atom stereocenters. The second-order valence-electron chi connectivity index (χ2n) is 4.49. The van der Waals surface area contributed by atoms with Gasteiger partial charge in [-0.05, 0) is 42.5 Å². The Kier molecular flexibility index (Phi) is 5.37. The molecule has 0 aliphatic rings. The van der Waals surface area contributed by atoms with Gasteiger partial charge in [-0.25, -0.2) is 0 Å². The molecule has 0 fully saturated rings. The maximum Gasteiger partial charge on any atom is 0.0369 e. The third-order valence-corrected chi connectivity index (χ3v) is 3.14. The average molecular weight is 219 g/mol. The van der Waals surface area contributed by atoms with Crippen LogP contribution in [0.5, 0.6) is 0 Å². The summed E-state index contributed by atoms with van der Waals surface area (Å²) < 4.78 is 0. The number of aryl methyl sites for hydroxylation is 2. The van der Waals surface area contributed by atoms with Crippen LogP contribution in [-0.4, -0.2) is 13.6 Å². The van der Waals surface area contributed by atoms with Gasteiger partial charge in [0.2, 0.25) is 0 Å². The van der Waals surface area contributed by atoms with Gasteiger partial charge in [-0.3, -0.25) is 0 Å². The van der Waals surface area contributed by atoms with E-state index in [0.717, 1.165) is 19.4 Å². The number of rotatable bonds is 6. The number of benzene rings is 1. The van der Waals surface area contributed by atoms with Crippen molar-refractivity contribution in [3.05, 3.63) is 29.3 Å². The third kappa shape index (κ3) is 3.55. The Bertz CT molecular complexity index is 295. The van der Waals surface area contributed by atoms with E-state index in [2.05, 4.69) is 50.9 Å². The molecule has 0 bridgehead atoms. The lowest BCUT2D eigenvalue weighted by atomic mass is 10.0. The first kappa shape index (κ1) is 13.1. The Hall–Kier alpha value is -0.980. The van der Waals surface area contributed by atoms with Crippen molar-refractivity contribution in [1.29, 1.82) is 0 Å². The Morgan fingerprint density at radius 1 is 0.938 bits per heavy atom. The summed E-state index contributed by atoms with van der Waals surface area (Å²) in [6.45, 7) is 7.86. The minimum atomic E-state index is 1.13. The Morgan fingerprint density at radius 3 is 1.94 bits per heavy atom. The molecule has 1 rings (SSSR count). The summed E-state index contributed by atoms with van der Waals surface area (Å²) in [5.74, 6) is 0. The summed E-state index contributed by atoms with van der Waals surface area (Å²) in [6.07, 6.45) is 4.79. The van der Waals surface area contributed by atoms with Gasteiger partial charge >= 0.3 is 0 Å². The van der Waals surface area contributed by atoms with E-state index in [4.69, 9.17) is 0 Å². The number of nitrogens with zero attached hydrogens (tertiary/aromatic N) is 1. The van der Waals surface area contributed by atoms with Crippen LogP contribution in [0.2, 0.25) is 0 Å². The molecule has 0 unspecified atom stereocenters. The molecule has 90 valence electrons. The van der Waals surface area contributed by atoms with Gasteiger partial charge < -0.3 is 4.90 Å². The fourth-order valence-electron chi connectivity index (χ4n) is 1.90. The van der Waals surface area contributed by atoms with Crippen molar-refractivity contribution < 1.29 is 0 Å². The summed E-state index contributed by atoms with van der Waals surface area (Å²) in [6, 6.07) is 6.99. The maximum absolute atomic E-state index is 2.38. The Balaban J connectivity index is 2.85. The van der Waals surface area contributed by atoms with Gasteiger partial charge in [0, 0.05) is 19.3 Å². The number of hydrogen-bond donors (Lipinski definition) is 0. The van der Waals surface area contributed by atoms with Crippen molar-refractivity contribution >= 4 is 5.69 Å². The minimum absolute atomic E-state index is 1.13. The van der Waals surface area contributed by atoms with Crippen LogP contribution in [0.1, 0.15) is 44.7 Å². The van der Waals surface area contributed by atoms with Crippen LogP contribution in [0.4, 0.5) is 5.69 Å². The molecule has 0 heterocycles. The van der Waals surface area contributed by atoms with Crippen molar-refractivity contribution in [2.75, 3.05) is 18.5 Å². The first-order valence-corrected chi connectivity index (χ1v) is 6.55. The molecular weight excluding hydrogens is 194 g/mol. The first-order chi connectivity index (χ1) is 7.71. The van der Waals surface area contributed by atoms with Crippen molar-refractivity contribution in [3.63, 3.8) is 0 Å². The second kappa shape index (κ2) is 6.57. The number of unbranched alkanes of at least 4 members (excludes halogenated alkanes) is 1. The van der Waals surface area contributed by atoms with Crippen LogP contribution in [-0.2, 0) is 12.8 Å². The zero-order valence-corrected chi connectivity index (χ0v) is 11.2. The average Bonchev–Trinajstić information content (AvgIpc) is 2.35. The lowest BCUT2D eigenvalue weighted by molar-refractivity contribution is 0.766. The van der Waals surface area contributed by atoms with Gasteiger partial charge in [-0.1, -0.05) is 33.3 Å². The van der Waals surface area contributed by atoms with Crippen molar-refractivity contribution in [3.8, 4) is 0 Å². The molecule has 1 heteroatoms. The molecular formula is C15H25N. The number of hydrogen-bond acceptors (Lipinski definition) is 1. The largest absolute Gasteiger partial charge is 0.375 e. The third-order valence-electron chi connectivity index (χ3n) is 3.14. The van der Waals surface area contributed by atoms with Gasteiger partial charge in [0.05, 0.1) is 0 Å². The molecule has 1 nitrogen and oxygen atoms in total. The van der Waals surface area contributed by atoms with E-state index in [-0.39, 0.29) is 0 Å². The van der Waals surface area contributed by atoms with Gasteiger partial charge in [-0.2, -0.15) is 0 Å². The highest BCUT2D eigenvalue weighted by molar-refractivity contribution is 5.50. The molecule has 16 heavy (non-hydrogen) atoms. The highest BCUT2D eigenvalue weighted by Crippen LogP contribution is 2.19. The molecule has 0 aliphatic carbocycles. The van der Waals surface area contributed by atoms with E-state index >= 15 is 0 Å². The fraction of sp³-hybridized carbons (Fsp3) is 0.600. The summed E-state index contributed by atoms with van der Waals surface area (Å²) in [7, 11) is 2.20. The SMILES string of the molecule is CCCCN(C)c1cc(CC)cc(CC)c1. The van der Waals surface area contributed by atoms with Crippen LogP contribution in [0, 0.1) is 0 Å². The Labute approximate surface area is 100 Å². The highest BCUT2D eigenvalue weighted by Gasteiger charge is 2.03. The summed E-state index contributed by atoms with van der Waals surface area (Å²) in [5, 5.41) is 0. The van der Waals surface area contributed by atoms with Gasteiger partial charge in [0.25, 0.3) is 0 Å². The molecule has 0 saturated heterocycles. The van der Waals surface area contributed by atoms with Crippen molar-refractivity contribution in [2.24, 2.45) is 0 Å². The Morgan fingerprint density at radius 2 is 1.50 bits per heavy atom. The predicted molar refractivity (Wildman–Crippen MR) is 73.4 cm³/mol. The maximum atomic E-state index is 2.38. The zero-order chi connectivity index (χ0) is 12.0. The van der Waals surface area contributed by atoms with Crippen molar-refractivity contribution in [2.45, 2.75) is 46.5 Å².